The van der Waals surface area contributed by atoms with Gasteiger partial charge in [0.25, 0.3) is 0 Å². The molecule has 0 heterocycles. The van der Waals surface area contributed by atoms with E-state index in [1.807, 2.05) is 6.07 Å². The predicted molar refractivity (Wildman–Crippen MR) is 51.1 cm³/mol. The highest BCUT2D eigenvalue weighted by Gasteiger charge is 2.02. The van der Waals surface area contributed by atoms with E-state index in [9.17, 15) is 4.79 Å². The van der Waals surface area contributed by atoms with Gasteiger partial charge in [0.05, 0.1) is 10.7 Å². The van der Waals surface area contributed by atoms with Gasteiger partial charge in [0.15, 0.2) is 6.29 Å². The van der Waals surface area contributed by atoms with Crippen LogP contribution >= 0.6 is 22.6 Å². The molecule has 0 aliphatic carbocycles. The van der Waals surface area contributed by atoms with Crippen LogP contribution < -0.4 is 4.74 Å². The maximum Gasteiger partial charge on any atom is 0.151 e. The molecule has 0 unspecified atom stereocenters. The molecule has 2 nitrogen and oxygen atoms in total. The van der Waals surface area contributed by atoms with Crippen LogP contribution in [-0.2, 0) is 0 Å². The Morgan fingerprint density at radius 2 is 2.27 bits per heavy atom. The summed E-state index contributed by atoms with van der Waals surface area (Å²) in [5.74, 6) is 0.746. The number of methoxy groups -OCH3 is 1. The number of hydrogen-bond donors (Lipinski definition) is 0. The average Bonchev–Trinajstić information content (AvgIpc) is 2.05. The van der Waals surface area contributed by atoms with Crippen molar-refractivity contribution < 1.29 is 9.53 Å². The first-order valence-electron chi connectivity index (χ1n) is 3.07. The highest BCUT2D eigenvalue weighted by Crippen LogP contribution is 2.22. The molecule has 0 bridgehead atoms. The Morgan fingerprint density at radius 1 is 1.55 bits per heavy atom. The van der Waals surface area contributed by atoms with Gasteiger partial charge < -0.3 is 4.74 Å². The topological polar surface area (TPSA) is 26.3 Å². The minimum absolute atomic E-state index is 0.671. The third kappa shape index (κ3) is 1.71. The van der Waals surface area contributed by atoms with Gasteiger partial charge in [0, 0.05) is 5.56 Å². The molecule has 0 radical (unpaired) electrons. The summed E-state index contributed by atoms with van der Waals surface area (Å²) in [7, 11) is 1.59. The standard InChI is InChI=1S/C8H7IO2/c1-11-7-4-2-3-6(5-10)8(7)9/h2-5H,1H3. The van der Waals surface area contributed by atoms with Crippen LogP contribution in [0.1, 0.15) is 10.4 Å². The summed E-state index contributed by atoms with van der Waals surface area (Å²) in [6.45, 7) is 0. The molecule has 1 aromatic rings. The molecule has 1 aromatic carbocycles. The van der Waals surface area contributed by atoms with Crippen LogP contribution in [-0.4, -0.2) is 13.4 Å². The van der Waals surface area contributed by atoms with Gasteiger partial charge in [-0.2, -0.15) is 0 Å². The van der Waals surface area contributed by atoms with E-state index in [0.29, 0.717) is 5.56 Å². The molecule has 58 valence electrons. The van der Waals surface area contributed by atoms with Crippen molar-refractivity contribution in [1.29, 1.82) is 0 Å². The van der Waals surface area contributed by atoms with E-state index in [1.165, 1.54) is 0 Å². The Bertz CT molecular complexity index is 271. The summed E-state index contributed by atoms with van der Waals surface area (Å²) in [6, 6.07) is 5.39. The summed E-state index contributed by atoms with van der Waals surface area (Å²) in [5, 5.41) is 0. The van der Waals surface area contributed by atoms with Gasteiger partial charge in [-0.05, 0) is 28.7 Å². The Balaban J connectivity index is 3.20. The summed E-state index contributed by atoms with van der Waals surface area (Å²) < 4.78 is 5.88. The largest absolute Gasteiger partial charge is 0.496 e. The second-order valence-electron chi connectivity index (χ2n) is 1.98. The normalized spacial score (nSPS) is 9.27. The molecule has 0 saturated carbocycles. The number of carbonyl (C=O) groups excluding carboxylic acids is 1. The Labute approximate surface area is 78.7 Å². The Kier molecular flexibility index (Phi) is 2.87. The van der Waals surface area contributed by atoms with Crippen LogP contribution in [0, 0.1) is 3.57 Å². The number of benzene rings is 1. The molecule has 0 spiro atoms. The van der Waals surface area contributed by atoms with E-state index in [4.69, 9.17) is 4.74 Å². The van der Waals surface area contributed by atoms with Crippen molar-refractivity contribution in [3.05, 3.63) is 27.3 Å². The van der Waals surface area contributed by atoms with Crippen LogP contribution in [0.15, 0.2) is 18.2 Å². The zero-order valence-electron chi connectivity index (χ0n) is 6.00. The number of halogens is 1. The first kappa shape index (κ1) is 8.52. The van der Waals surface area contributed by atoms with Crippen molar-refractivity contribution in [2.45, 2.75) is 0 Å². The first-order chi connectivity index (χ1) is 5.29. The van der Waals surface area contributed by atoms with Crippen molar-refractivity contribution in [3.8, 4) is 5.75 Å². The SMILES string of the molecule is COc1cccc(C=O)c1I. The fourth-order valence-electron chi connectivity index (χ4n) is 0.776. The lowest BCUT2D eigenvalue weighted by molar-refractivity contribution is 0.112. The van der Waals surface area contributed by atoms with Crippen molar-refractivity contribution in [2.24, 2.45) is 0 Å². The quantitative estimate of drug-likeness (QED) is 0.602. The van der Waals surface area contributed by atoms with Gasteiger partial charge in [-0.15, -0.1) is 0 Å². The summed E-state index contributed by atoms with van der Waals surface area (Å²) in [4.78, 5) is 10.4. The summed E-state index contributed by atoms with van der Waals surface area (Å²) in [6.07, 6.45) is 0.824. The second kappa shape index (κ2) is 3.71. The van der Waals surface area contributed by atoms with E-state index in [1.54, 1.807) is 19.2 Å². The smallest absolute Gasteiger partial charge is 0.151 e. The first-order valence-corrected chi connectivity index (χ1v) is 4.15. The van der Waals surface area contributed by atoms with Crippen molar-refractivity contribution in [3.63, 3.8) is 0 Å². The summed E-state index contributed by atoms with van der Waals surface area (Å²) >= 11 is 2.08. The van der Waals surface area contributed by atoms with E-state index in [-0.39, 0.29) is 0 Å². The zero-order chi connectivity index (χ0) is 8.27. The highest BCUT2D eigenvalue weighted by molar-refractivity contribution is 14.1. The Hall–Kier alpha value is -0.580. The van der Waals surface area contributed by atoms with Gasteiger partial charge in [-0.1, -0.05) is 12.1 Å². The van der Waals surface area contributed by atoms with Crippen LogP contribution in [0.2, 0.25) is 0 Å². The van der Waals surface area contributed by atoms with Gasteiger partial charge in [-0.25, -0.2) is 0 Å². The molecular formula is C8H7IO2. The average molecular weight is 262 g/mol. The lowest BCUT2D eigenvalue weighted by Gasteiger charge is -2.03. The molecule has 0 atom stereocenters. The van der Waals surface area contributed by atoms with Crippen LogP contribution in [0.3, 0.4) is 0 Å². The fourth-order valence-corrected chi connectivity index (χ4v) is 1.48. The molecule has 0 aliphatic heterocycles. The number of hydrogen-bond acceptors (Lipinski definition) is 2. The van der Waals surface area contributed by atoms with Gasteiger partial charge in [0.1, 0.15) is 5.75 Å². The molecule has 0 aliphatic rings. The van der Waals surface area contributed by atoms with Gasteiger partial charge in [-0.3, -0.25) is 4.79 Å². The van der Waals surface area contributed by atoms with Gasteiger partial charge in [0.2, 0.25) is 0 Å². The lowest BCUT2D eigenvalue weighted by Crippen LogP contribution is -1.91. The van der Waals surface area contributed by atoms with E-state index < -0.39 is 0 Å². The van der Waals surface area contributed by atoms with Crippen molar-refractivity contribution >= 4 is 28.9 Å². The lowest BCUT2D eigenvalue weighted by atomic mass is 10.2. The maximum atomic E-state index is 10.4. The molecule has 0 fully saturated rings. The second-order valence-corrected chi connectivity index (χ2v) is 3.06. The van der Waals surface area contributed by atoms with E-state index >= 15 is 0 Å². The number of aldehydes is 1. The molecule has 11 heavy (non-hydrogen) atoms. The van der Waals surface area contributed by atoms with Crippen LogP contribution in [0.5, 0.6) is 5.75 Å². The molecular weight excluding hydrogens is 255 g/mol. The monoisotopic (exact) mass is 262 g/mol. The van der Waals surface area contributed by atoms with E-state index in [2.05, 4.69) is 22.6 Å². The minimum Gasteiger partial charge on any atom is -0.496 e. The summed E-state index contributed by atoms with van der Waals surface area (Å²) in [5.41, 5.74) is 0.671. The number of ether oxygens (including phenoxy) is 1. The molecule has 0 aromatic heterocycles. The third-order valence-electron chi connectivity index (χ3n) is 1.34. The maximum absolute atomic E-state index is 10.4. The number of carbonyl (C=O) groups is 1. The van der Waals surface area contributed by atoms with E-state index in [0.717, 1.165) is 15.6 Å². The van der Waals surface area contributed by atoms with Crippen molar-refractivity contribution in [2.75, 3.05) is 7.11 Å². The molecule has 0 saturated heterocycles. The fraction of sp³-hybridized carbons (Fsp3) is 0.125. The van der Waals surface area contributed by atoms with Gasteiger partial charge >= 0.3 is 0 Å². The van der Waals surface area contributed by atoms with Crippen LogP contribution in [0.25, 0.3) is 0 Å². The van der Waals surface area contributed by atoms with Crippen molar-refractivity contribution in [1.82, 2.24) is 0 Å². The Morgan fingerprint density at radius 3 is 2.82 bits per heavy atom. The predicted octanol–water partition coefficient (Wildman–Crippen LogP) is 2.11. The molecule has 0 N–H and O–H groups in total. The highest BCUT2D eigenvalue weighted by atomic mass is 127. The molecule has 1 rings (SSSR count). The molecule has 0 amide bonds. The molecule has 3 heteroatoms. The third-order valence-corrected chi connectivity index (χ3v) is 2.49. The zero-order valence-corrected chi connectivity index (χ0v) is 8.16. The number of rotatable bonds is 2. The minimum atomic E-state index is 0.671. The van der Waals surface area contributed by atoms with Crippen LogP contribution in [0.4, 0.5) is 0 Å².